The van der Waals surface area contributed by atoms with E-state index in [4.69, 9.17) is 4.52 Å². The van der Waals surface area contributed by atoms with Crippen LogP contribution in [-0.4, -0.2) is 16.7 Å². The molecule has 0 atom stereocenters. The maximum absolute atomic E-state index is 5.13. The van der Waals surface area contributed by atoms with Gasteiger partial charge >= 0.3 is 0 Å². The Morgan fingerprint density at radius 2 is 2.00 bits per heavy atom. The third-order valence-corrected chi connectivity index (χ3v) is 2.52. The molecule has 0 spiro atoms. The second-order valence-corrected chi connectivity index (χ2v) is 3.87. The van der Waals surface area contributed by atoms with Gasteiger partial charge in [0.2, 0.25) is 5.89 Å². The summed E-state index contributed by atoms with van der Waals surface area (Å²) in [6.45, 7) is 3.60. The fraction of sp³-hybridized carbons (Fsp3) is 0.385. The molecule has 0 aliphatic heterocycles. The maximum Gasteiger partial charge on any atom is 0.240 e. The van der Waals surface area contributed by atoms with E-state index in [0.717, 1.165) is 25.2 Å². The summed E-state index contributed by atoms with van der Waals surface area (Å²) in [4.78, 5) is 4.32. The summed E-state index contributed by atoms with van der Waals surface area (Å²) in [5, 5.41) is 7.11. The molecule has 1 N–H and O–H groups in total. The van der Waals surface area contributed by atoms with Crippen molar-refractivity contribution in [3.63, 3.8) is 0 Å². The van der Waals surface area contributed by atoms with Crippen LogP contribution in [0.1, 0.15) is 24.2 Å². The molecule has 0 aliphatic carbocycles. The van der Waals surface area contributed by atoms with Gasteiger partial charge in [0.25, 0.3) is 0 Å². The number of aromatic nitrogens is 2. The number of rotatable bonds is 6. The van der Waals surface area contributed by atoms with Gasteiger partial charge in [0.05, 0.1) is 6.54 Å². The summed E-state index contributed by atoms with van der Waals surface area (Å²) in [6.07, 6.45) is 1.76. The van der Waals surface area contributed by atoms with Crippen molar-refractivity contribution in [2.45, 2.75) is 26.3 Å². The van der Waals surface area contributed by atoms with E-state index in [1.165, 1.54) is 5.56 Å². The summed E-state index contributed by atoms with van der Waals surface area (Å²) < 4.78 is 5.13. The molecular weight excluding hydrogens is 214 g/mol. The molecule has 2 rings (SSSR count). The Morgan fingerprint density at radius 3 is 2.76 bits per heavy atom. The van der Waals surface area contributed by atoms with Crippen LogP contribution in [0.25, 0.3) is 0 Å². The quantitative estimate of drug-likeness (QED) is 0.825. The van der Waals surface area contributed by atoms with E-state index in [0.29, 0.717) is 12.4 Å². The highest BCUT2D eigenvalue weighted by molar-refractivity contribution is 5.15. The average Bonchev–Trinajstić information content (AvgIpc) is 2.83. The Balaban J connectivity index is 1.85. The second-order valence-electron chi connectivity index (χ2n) is 3.87. The average molecular weight is 231 g/mol. The highest BCUT2D eigenvalue weighted by Gasteiger charge is 2.05. The molecule has 90 valence electrons. The Bertz CT molecular complexity index is 439. The number of nitrogens with zero attached hydrogens (tertiary/aromatic N) is 2. The van der Waals surface area contributed by atoms with Gasteiger partial charge in [0.15, 0.2) is 5.82 Å². The first-order chi connectivity index (χ1) is 8.38. The van der Waals surface area contributed by atoms with Gasteiger partial charge in [-0.1, -0.05) is 42.4 Å². The summed E-state index contributed by atoms with van der Waals surface area (Å²) >= 11 is 0. The first kappa shape index (κ1) is 11.8. The predicted octanol–water partition coefficient (Wildman–Crippen LogP) is 1.96. The molecule has 1 aromatic heterocycles. The lowest BCUT2D eigenvalue weighted by molar-refractivity contribution is 0.364. The summed E-state index contributed by atoms with van der Waals surface area (Å²) in [6, 6.07) is 10.3. The molecule has 1 aromatic carbocycles. The minimum atomic E-state index is 0.648. The second kappa shape index (κ2) is 6.15. The molecular formula is C13H17N3O. The highest BCUT2D eigenvalue weighted by Crippen LogP contribution is 2.05. The third kappa shape index (κ3) is 3.67. The van der Waals surface area contributed by atoms with Crippen molar-refractivity contribution in [1.29, 1.82) is 0 Å². The van der Waals surface area contributed by atoms with Gasteiger partial charge in [-0.05, 0) is 18.5 Å². The van der Waals surface area contributed by atoms with Crippen molar-refractivity contribution >= 4 is 0 Å². The molecule has 0 bridgehead atoms. The monoisotopic (exact) mass is 231 g/mol. The first-order valence-electron chi connectivity index (χ1n) is 5.94. The lowest BCUT2D eigenvalue weighted by atomic mass is 10.1. The van der Waals surface area contributed by atoms with Crippen molar-refractivity contribution in [3.05, 3.63) is 47.6 Å². The van der Waals surface area contributed by atoms with Crippen LogP contribution < -0.4 is 5.32 Å². The minimum absolute atomic E-state index is 0.648. The molecule has 4 heteroatoms. The van der Waals surface area contributed by atoms with Gasteiger partial charge in [-0.15, -0.1) is 0 Å². The Kier molecular flexibility index (Phi) is 4.27. The maximum atomic E-state index is 5.13. The Morgan fingerprint density at radius 1 is 1.18 bits per heavy atom. The van der Waals surface area contributed by atoms with Crippen LogP contribution in [0, 0.1) is 0 Å². The predicted molar refractivity (Wildman–Crippen MR) is 65.5 cm³/mol. The molecule has 0 saturated carbocycles. The Hall–Kier alpha value is -1.68. The lowest BCUT2D eigenvalue weighted by Crippen LogP contribution is -2.11. The van der Waals surface area contributed by atoms with Crippen LogP contribution in [0.5, 0.6) is 0 Å². The van der Waals surface area contributed by atoms with E-state index >= 15 is 0 Å². The lowest BCUT2D eigenvalue weighted by Gasteiger charge is -1.96. The van der Waals surface area contributed by atoms with Gasteiger partial charge in [-0.25, -0.2) is 0 Å². The smallest absolute Gasteiger partial charge is 0.240 e. The molecule has 0 fully saturated rings. The number of hydrogen-bond acceptors (Lipinski definition) is 4. The van der Waals surface area contributed by atoms with Gasteiger partial charge in [0, 0.05) is 6.42 Å². The zero-order chi connectivity index (χ0) is 11.9. The minimum Gasteiger partial charge on any atom is -0.338 e. The first-order valence-corrected chi connectivity index (χ1v) is 5.94. The summed E-state index contributed by atoms with van der Waals surface area (Å²) in [5.74, 6) is 1.44. The molecule has 1 heterocycles. The largest absolute Gasteiger partial charge is 0.338 e. The summed E-state index contributed by atoms with van der Waals surface area (Å²) in [7, 11) is 0. The van der Waals surface area contributed by atoms with E-state index in [-0.39, 0.29) is 0 Å². The fourth-order valence-electron chi connectivity index (χ4n) is 1.60. The third-order valence-electron chi connectivity index (χ3n) is 2.52. The van der Waals surface area contributed by atoms with E-state index < -0.39 is 0 Å². The number of nitrogens with one attached hydrogen (secondary N) is 1. The van der Waals surface area contributed by atoms with Crippen LogP contribution in [0.3, 0.4) is 0 Å². The molecule has 17 heavy (non-hydrogen) atoms. The van der Waals surface area contributed by atoms with Crippen LogP contribution in [0.2, 0.25) is 0 Å². The molecule has 2 aromatic rings. The van der Waals surface area contributed by atoms with Crippen LogP contribution in [-0.2, 0) is 19.4 Å². The van der Waals surface area contributed by atoms with Crippen molar-refractivity contribution in [1.82, 2.24) is 15.5 Å². The van der Waals surface area contributed by atoms with E-state index in [9.17, 15) is 0 Å². The van der Waals surface area contributed by atoms with Crippen molar-refractivity contribution in [2.24, 2.45) is 0 Å². The molecule has 0 unspecified atom stereocenters. The molecule has 0 amide bonds. The zero-order valence-electron chi connectivity index (χ0n) is 10.0. The standard InChI is InChI=1S/C13H17N3O/c1-2-14-10-13-15-12(16-17-13)9-8-11-6-4-3-5-7-11/h3-7,14H,2,8-10H2,1H3. The van der Waals surface area contributed by atoms with E-state index in [1.807, 2.05) is 25.1 Å². The van der Waals surface area contributed by atoms with Gasteiger partial charge in [0.1, 0.15) is 0 Å². The van der Waals surface area contributed by atoms with Crippen LogP contribution in [0.4, 0.5) is 0 Å². The van der Waals surface area contributed by atoms with E-state index in [2.05, 4.69) is 27.6 Å². The summed E-state index contributed by atoms with van der Waals surface area (Å²) in [5.41, 5.74) is 1.30. The van der Waals surface area contributed by atoms with Crippen molar-refractivity contribution < 1.29 is 4.52 Å². The topological polar surface area (TPSA) is 51.0 Å². The molecule has 0 radical (unpaired) electrons. The van der Waals surface area contributed by atoms with E-state index in [1.54, 1.807) is 0 Å². The van der Waals surface area contributed by atoms with Crippen LogP contribution >= 0.6 is 0 Å². The van der Waals surface area contributed by atoms with Crippen molar-refractivity contribution in [2.75, 3.05) is 6.54 Å². The Labute approximate surface area is 101 Å². The molecule has 0 aliphatic rings. The van der Waals surface area contributed by atoms with Crippen LogP contribution in [0.15, 0.2) is 34.9 Å². The zero-order valence-corrected chi connectivity index (χ0v) is 10.0. The number of benzene rings is 1. The molecule has 0 saturated heterocycles. The van der Waals surface area contributed by atoms with Gasteiger partial charge in [-0.3, -0.25) is 0 Å². The fourth-order valence-corrected chi connectivity index (χ4v) is 1.60. The van der Waals surface area contributed by atoms with Gasteiger partial charge in [-0.2, -0.15) is 4.98 Å². The van der Waals surface area contributed by atoms with Gasteiger partial charge < -0.3 is 9.84 Å². The molecule has 4 nitrogen and oxygen atoms in total. The number of aryl methyl sites for hydroxylation is 2. The highest BCUT2D eigenvalue weighted by atomic mass is 16.5. The SMILES string of the molecule is CCNCc1nc(CCc2ccccc2)no1. The number of hydrogen-bond donors (Lipinski definition) is 1. The van der Waals surface area contributed by atoms with Crippen molar-refractivity contribution in [3.8, 4) is 0 Å². The normalized spacial score (nSPS) is 10.6.